The van der Waals surface area contributed by atoms with Crippen LogP contribution in [-0.4, -0.2) is 56.9 Å². The number of ether oxygens (including phenoxy) is 5. The molecule has 1 amide bonds. The van der Waals surface area contributed by atoms with Gasteiger partial charge >= 0.3 is 12.1 Å². The van der Waals surface area contributed by atoms with Gasteiger partial charge in [0.15, 0.2) is 23.9 Å². The molecule has 3 atom stereocenters. The Morgan fingerprint density at radius 1 is 0.821 bits per heavy atom. The number of H-pyrrole nitrogens is 1. The van der Waals surface area contributed by atoms with Crippen molar-refractivity contribution in [1.82, 2.24) is 10.2 Å². The van der Waals surface area contributed by atoms with E-state index in [1.54, 1.807) is 56.9 Å². The summed E-state index contributed by atoms with van der Waals surface area (Å²) in [5.41, 5.74) is 4.17. The minimum Gasteiger partial charge on any atom is -0.493 e. The first kappa shape index (κ1) is 39.0. The summed E-state index contributed by atoms with van der Waals surface area (Å²) in [5, 5.41) is 3.95. The van der Waals surface area contributed by atoms with Crippen LogP contribution in [0.25, 0.3) is 0 Å². The number of piperidine rings is 3. The largest absolute Gasteiger partial charge is 0.493 e. The number of fused-ring (bicyclic) bond motifs is 3. The number of alkyl carbamates (subject to hydrolysis) is 1. The fourth-order valence-corrected chi connectivity index (χ4v) is 7.94. The van der Waals surface area contributed by atoms with Crippen molar-refractivity contribution in [2.45, 2.75) is 44.1 Å². The van der Waals surface area contributed by atoms with Crippen molar-refractivity contribution in [3.05, 3.63) is 153 Å². The number of methoxy groups -OCH3 is 2. The van der Waals surface area contributed by atoms with Crippen LogP contribution < -0.4 is 24.5 Å². The molecule has 0 radical (unpaired) electrons. The highest BCUT2D eigenvalue weighted by atomic mass is 35.5. The second-order valence-corrected chi connectivity index (χ2v) is 14.8. The lowest BCUT2D eigenvalue weighted by molar-refractivity contribution is -0.377. The molecule has 3 aliphatic rings. The normalized spacial score (nSPS) is 18.3. The highest BCUT2D eigenvalue weighted by Gasteiger charge is 2.37. The third kappa shape index (κ3) is 9.38. The molecule has 3 aliphatic heterocycles. The van der Waals surface area contributed by atoms with E-state index in [1.807, 2.05) is 66.7 Å². The standard InChI is InChI=1S/C44H43Cl2N3O7/c1-52-38-15-14-31(22-40(38)53-2)39(23-35-36(45)24-47-25-37(35)46)55-43(50)33-12-6-8-28(20-33)27-54-34-13-7-11-32(21-34)42(30-9-4-3-5-10-30)48-44(51)56-41-26-49-18-16-29(41)17-19-49/h3-15,20-22,24-25,29,39,41-42H,16-19,23,26-27H2,1-2H3,(H,48,51)/p+1/t39?,41-,42?/m0/s1. The summed E-state index contributed by atoms with van der Waals surface area (Å²) < 4.78 is 29.3. The molecule has 2 unspecified atom stereocenters. The Labute approximate surface area is 336 Å². The maximum Gasteiger partial charge on any atom is 0.408 e. The van der Waals surface area contributed by atoms with Crippen LogP contribution in [-0.2, 0) is 22.5 Å². The first-order chi connectivity index (χ1) is 27.3. The number of carbonyl (C=O) groups is 2. The summed E-state index contributed by atoms with van der Waals surface area (Å²) in [7, 11) is 3.10. The molecule has 2 N–H and O–H groups in total. The molecular formula is C44H44Cl2N3O7+. The summed E-state index contributed by atoms with van der Waals surface area (Å²) in [4.78, 5) is 32.3. The number of esters is 1. The van der Waals surface area contributed by atoms with Crippen LogP contribution >= 0.6 is 23.2 Å². The summed E-state index contributed by atoms with van der Waals surface area (Å²) in [6.45, 7) is 3.10. The van der Waals surface area contributed by atoms with Crippen molar-refractivity contribution in [1.29, 1.82) is 0 Å². The molecule has 1 aromatic heterocycles. The number of rotatable bonds is 14. The number of nitrogens with zero attached hydrogens (tertiary/aromatic N) is 1. The van der Waals surface area contributed by atoms with Gasteiger partial charge in [-0.3, -0.25) is 4.90 Å². The zero-order valence-corrected chi connectivity index (χ0v) is 32.7. The van der Waals surface area contributed by atoms with Crippen LogP contribution in [0.4, 0.5) is 4.79 Å². The SMILES string of the molecule is COc1ccc(C(Cc2c(Cl)c[nH+]cc2Cl)OC(=O)c2cccc(COc3cccc(C(NC(=O)O[C@H]4CN5CCC4CC5)c4ccccc4)c3)c2)cc1OC. The second-order valence-electron chi connectivity index (χ2n) is 14.0. The Balaban J connectivity index is 1.05. The molecule has 4 heterocycles. The first-order valence-electron chi connectivity index (χ1n) is 18.6. The molecule has 8 rings (SSSR count). The van der Waals surface area contributed by atoms with Gasteiger partial charge in [-0.1, -0.05) is 83.9 Å². The van der Waals surface area contributed by atoms with Crippen LogP contribution in [0.2, 0.25) is 10.0 Å². The zero-order valence-electron chi connectivity index (χ0n) is 31.2. The van der Waals surface area contributed by atoms with Crippen LogP contribution in [0, 0.1) is 5.92 Å². The van der Waals surface area contributed by atoms with E-state index in [1.165, 1.54) is 0 Å². The van der Waals surface area contributed by atoms with Crippen molar-refractivity contribution in [3.63, 3.8) is 0 Å². The molecule has 0 spiro atoms. The number of hydrogen-bond acceptors (Lipinski definition) is 8. The number of halogens is 2. The lowest BCUT2D eigenvalue weighted by atomic mass is 9.86. The fourth-order valence-electron chi connectivity index (χ4n) is 7.41. The van der Waals surface area contributed by atoms with E-state index in [0.717, 1.165) is 49.2 Å². The number of amides is 1. The molecular weight excluding hydrogens is 753 g/mol. The van der Waals surface area contributed by atoms with E-state index >= 15 is 0 Å². The number of carbonyl (C=O) groups excluding carboxylic acids is 2. The molecule has 2 bridgehead atoms. The van der Waals surface area contributed by atoms with Gasteiger partial charge in [-0.2, -0.15) is 0 Å². The van der Waals surface area contributed by atoms with Crippen molar-refractivity contribution >= 4 is 35.3 Å². The highest BCUT2D eigenvalue weighted by molar-refractivity contribution is 6.35. The molecule has 4 aromatic carbocycles. The van der Waals surface area contributed by atoms with Gasteiger partial charge in [-0.15, -0.1) is 0 Å². The van der Waals surface area contributed by atoms with Gasteiger partial charge in [0.2, 0.25) is 0 Å². The van der Waals surface area contributed by atoms with E-state index in [2.05, 4.69) is 15.2 Å². The maximum absolute atomic E-state index is 13.8. The summed E-state index contributed by atoms with van der Waals surface area (Å²) in [6.07, 6.45) is 4.28. The number of nitrogens with one attached hydrogen (secondary N) is 2. The van der Waals surface area contributed by atoms with Gasteiger partial charge in [0.1, 0.15) is 34.6 Å². The third-order valence-electron chi connectivity index (χ3n) is 10.4. The summed E-state index contributed by atoms with van der Waals surface area (Å²) >= 11 is 13.0. The second kappa shape index (κ2) is 18.1. The average molecular weight is 798 g/mol. The van der Waals surface area contributed by atoms with Crippen LogP contribution in [0.5, 0.6) is 17.2 Å². The first-order valence-corrected chi connectivity index (χ1v) is 19.4. The van der Waals surface area contributed by atoms with Crippen molar-refractivity contribution < 1.29 is 38.3 Å². The van der Waals surface area contributed by atoms with E-state index < -0.39 is 24.2 Å². The van der Waals surface area contributed by atoms with Gasteiger partial charge in [-0.05, 0) is 90.5 Å². The van der Waals surface area contributed by atoms with Crippen molar-refractivity contribution in [2.75, 3.05) is 33.9 Å². The smallest absolute Gasteiger partial charge is 0.408 e. The van der Waals surface area contributed by atoms with Crippen LogP contribution in [0.1, 0.15) is 63.2 Å². The number of benzene rings is 4. The number of aromatic amines is 1. The molecule has 5 aromatic rings. The van der Waals surface area contributed by atoms with E-state index in [4.69, 9.17) is 46.9 Å². The summed E-state index contributed by atoms with van der Waals surface area (Å²) in [6, 6.07) is 29.4. The zero-order chi connectivity index (χ0) is 39.0. The lowest BCUT2D eigenvalue weighted by Gasteiger charge is -2.43. The molecule has 56 heavy (non-hydrogen) atoms. The quantitative estimate of drug-likeness (QED) is 0.112. The minimum atomic E-state index is -0.763. The average Bonchev–Trinajstić information content (AvgIpc) is 3.23. The highest BCUT2D eigenvalue weighted by Crippen LogP contribution is 2.36. The lowest BCUT2D eigenvalue weighted by Crippen LogP contribution is -2.52. The molecule has 12 heteroatoms. The topological polar surface area (TPSA) is 110 Å². The monoisotopic (exact) mass is 796 g/mol. The Bertz CT molecular complexity index is 2120. The molecule has 10 nitrogen and oxygen atoms in total. The van der Waals surface area contributed by atoms with E-state index in [0.29, 0.717) is 49.9 Å². The van der Waals surface area contributed by atoms with Gasteiger partial charge in [0.25, 0.3) is 0 Å². The molecule has 3 fully saturated rings. The predicted molar refractivity (Wildman–Crippen MR) is 212 cm³/mol. The molecule has 0 saturated carbocycles. The van der Waals surface area contributed by atoms with Crippen LogP contribution in [0.3, 0.4) is 0 Å². The van der Waals surface area contributed by atoms with Gasteiger partial charge in [0, 0.05) is 18.5 Å². The molecule has 3 saturated heterocycles. The third-order valence-corrected chi connectivity index (χ3v) is 11.1. The Morgan fingerprint density at radius 2 is 1.55 bits per heavy atom. The van der Waals surface area contributed by atoms with Gasteiger partial charge in [-0.25, -0.2) is 14.6 Å². The van der Waals surface area contributed by atoms with Gasteiger partial charge in [0.05, 0.1) is 25.8 Å². The van der Waals surface area contributed by atoms with Crippen LogP contribution in [0.15, 0.2) is 109 Å². The Morgan fingerprint density at radius 3 is 2.27 bits per heavy atom. The maximum atomic E-state index is 13.8. The fraction of sp³-hybridized carbons (Fsp3) is 0.295. The van der Waals surface area contributed by atoms with E-state index in [9.17, 15) is 9.59 Å². The number of hydrogen-bond donors (Lipinski definition) is 1. The summed E-state index contributed by atoms with van der Waals surface area (Å²) in [5.74, 6) is 1.50. The number of pyridine rings is 1. The van der Waals surface area contributed by atoms with Crippen molar-refractivity contribution in [2.24, 2.45) is 5.92 Å². The number of aromatic nitrogens is 1. The predicted octanol–water partition coefficient (Wildman–Crippen LogP) is 8.45. The van der Waals surface area contributed by atoms with E-state index in [-0.39, 0.29) is 19.1 Å². The minimum absolute atomic E-state index is 0.104. The Kier molecular flexibility index (Phi) is 12.6. The Hall–Kier alpha value is -5.29. The molecule has 0 aliphatic carbocycles. The van der Waals surface area contributed by atoms with Gasteiger partial charge < -0.3 is 29.0 Å². The van der Waals surface area contributed by atoms with Crippen molar-refractivity contribution in [3.8, 4) is 17.2 Å². The molecule has 290 valence electrons.